The molecule has 2 aromatic rings. The smallest absolute Gasteiger partial charge is 0.443 e. The number of rotatable bonds is 2. The van der Waals surface area contributed by atoms with Gasteiger partial charge in [0.2, 0.25) is 0 Å². The van der Waals surface area contributed by atoms with E-state index in [9.17, 15) is 18.0 Å². The van der Waals surface area contributed by atoms with Crippen LogP contribution in [0.4, 0.5) is 13.2 Å². The van der Waals surface area contributed by atoms with Gasteiger partial charge in [0.25, 0.3) is 0 Å². The largest absolute Gasteiger partial charge is 0.477 e. The number of halogens is 3. The third-order valence-electron chi connectivity index (χ3n) is 1.81. The molecule has 0 spiro atoms. The molecule has 0 aliphatic carbocycles. The maximum atomic E-state index is 12.3. The zero-order chi connectivity index (χ0) is 12.6. The van der Waals surface area contributed by atoms with Crippen molar-refractivity contribution in [3.05, 3.63) is 28.2 Å². The number of carboxylic acid groups (broad SMARTS) is 1. The average molecular weight is 279 g/mol. The van der Waals surface area contributed by atoms with Crippen LogP contribution in [0, 0.1) is 0 Å². The molecule has 0 saturated heterocycles. The molecule has 0 aromatic carbocycles. The molecule has 0 fully saturated rings. The van der Waals surface area contributed by atoms with E-state index in [-0.39, 0.29) is 4.88 Å². The van der Waals surface area contributed by atoms with Gasteiger partial charge in [-0.05, 0) is 12.1 Å². The standard InChI is InChI=1S/C9H4F3NO2S2/c10-9(11,12)8-13-3-6(17-8)4-1-2-5(16-4)7(14)15/h1-3H,(H,14,15). The van der Waals surface area contributed by atoms with Crippen LogP contribution in [-0.4, -0.2) is 16.1 Å². The Kier molecular flexibility index (Phi) is 2.92. The lowest BCUT2D eigenvalue weighted by Crippen LogP contribution is -2.02. The summed E-state index contributed by atoms with van der Waals surface area (Å²) in [7, 11) is 0. The molecule has 0 aliphatic rings. The van der Waals surface area contributed by atoms with Crippen LogP contribution in [0.1, 0.15) is 14.7 Å². The highest BCUT2D eigenvalue weighted by atomic mass is 32.1. The first-order chi connectivity index (χ1) is 7.88. The zero-order valence-corrected chi connectivity index (χ0v) is 9.62. The fraction of sp³-hybridized carbons (Fsp3) is 0.111. The fourth-order valence-corrected chi connectivity index (χ4v) is 2.81. The Hall–Kier alpha value is -1.41. The van der Waals surface area contributed by atoms with Crippen molar-refractivity contribution < 1.29 is 23.1 Å². The van der Waals surface area contributed by atoms with Crippen LogP contribution in [-0.2, 0) is 6.18 Å². The molecule has 90 valence electrons. The van der Waals surface area contributed by atoms with Gasteiger partial charge in [-0.2, -0.15) is 13.2 Å². The van der Waals surface area contributed by atoms with Crippen LogP contribution in [0.25, 0.3) is 9.75 Å². The Morgan fingerprint density at radius 3 is 2.41 bits per heavy atom. The molecule has 2 rings (SSSR count). The molecule has 0 bridgehead atoms. The third-order valence-corrected chi connectivity index (χ3v) is 4.12. The number of carboxylic acids is 1. The Balaban J connectivity index is 2.34. The molecular formula is C9H4F3NO2S2. The molecule has 17 heavy (non-hydrogen) atoms. The van der Waals surface area contributed by atoms with Crippen molar-refractivity contribution in [3.8, 4) is 9.75 Å². The van der Waals surface area contributed by atoms with E-state index in [4.69, 9.17) is 5.11 Å². The lowest BCUT2D eigenvalue weighted by atomic mass is 10.4. The van der Waals surface area contributed by atoms with Crippen molar-refractivity contribution in [2.45, 2.75) is 6.18 Å². The van der Waals surface area contributed by atoms with E-state index < -0.39 is 17.2 Å². The molecule has 0 unspecified atom stereocenters. The van der Waals surface area contributed by atoms with Gasteiger partial charge in [0, 0.05) is 11.1 Å². The molecule has 0 aliphatic heterocycles. The summed E-state index contributed by atoms with van der Waals surface area (Å²) in [5.74, 6) is -1.10. The highest BCUT2D eigenvalue weighted by Gasteiger charge is 2.34. The highest BCUT2D eigenvalue weighted by molar-refractivity contribution is 7.22. The molecule has 2 aromatic heterocycles. The lowest BCUT2D eigenvalue weighted by molar-refractivity contribution is -0.137. The van der Waals surface area contributed by atoms with Gasteiger partial charge in [0.1, 0.15) is 4.88 Å². The van der Waals surface area contributed by atoms with Gasteiger partial charge < -0.3 is 5.11 Å². The van der Waals surface area contributed by atoms with E-state index >= 15 is 0 Å². The number of thiazole rings is 1. The Morgan fingerprint density at radius 1 is 1.24 bits per heavy atom. The number of carbonyl (C=O) groups is 1. The van der Waals surface area contributed by atoms with Gasteiger partial charge >= 0.3 is 12.1 Å². The molecule has 0 saturated carbocycles. The summed E-state index contributed by atoms with van der Waals surface area (Å²) in [6, 6.07) is 2.83. The number of aromatic nitrogens is 1. The van der Waals surface area contributed by atoms with E-state index in [0.717, 1.165) is 17.5 Å². The van der Waals surface area contributed by atoms with E-state index in [1.807, 2.05) is 0 Å². The summed E-state index contributed by atoms with van der Waals surface area (Å²) < 4.78 is 36.9. The monoisotopic (exact) mass is 279 g/mol. The number of aromatic carboxylic acids is 1. The van der Waals surface area contributed by atoms with Crippen molar-refractivity contribution in [1.82, 2.24) is 4.98 Å². The first kappa shape index (κ1) is 12.1. The SMILES string of the molecule is O=C(O)c1ccc(-c2cnc(C(F)(F)F)s2)s1. The highest BCUT2D eigenvalue weighted by Crippen LogP contribution is 2.38. The van der Waals surface area contributed by atoms with Crippen LogP contribution in [0.2, 0.25) is 0 Å². The summed E-state index contributed by atoms with van der Waals surface area (Å²) >= 11 is 1.42. The topological polar surface area (TPSA) is 50.2 Å². The van der Waals surface area contributed by atoms with Crippen LogP contribution >= 0.6 is 22.7 Å². The summed E-state index contributed by atoms with van der Waals surface area (Å²) in [5, 5.41) is 7.77. The van der Waals surface area contributed by atoms with Gasteiger partial charge in [-0.15, -0.1) is 22.7 Å². The molecule has 3 nitrogen and oxygen atoms in total. The number of alkyl halides is 3. The summed E-state index contributed by atoms with van der Waals surface area (Å²) in [6.07, 6.45) is -3.36. The summed E-state index contributed by atoms with van der Waals surface area (Å²) in [5.41, 5.74) is 0. The van der Waals surface area contributed by atoms with Gasteiger partial charge in [0.15, 0.2) is 5.01 Å². The molecular weight excluding hydrogens is 275 g/mol. The van der Waals surface area contributed by atoms with E-state index in [1.54, 1.807) is 0 Å². The maximum absolute atomic E-state index is 12.3. The van der Waals surface area contributed by atoms with Crippen LogP contribution in [0.3, 0.4) is 0 Å². The molecule has 0 radical (unpaired) electrons. The third kappa shape index (κ3) is 2.47. The summed E-state index contributed by atoms with van der Waals surface area (Å²) in [4.78, 5) is 14.8. The molecule has 0 atom stereocenters. The molecule has 0 amide bonds. The number of hydrogen-bond acceptors (Lipinski definition) is 4. The van der Waals surface area contributed by atoms with E-state index in [0.29, 0.717) is 21.1 Å². The van der Waals surface area contributed by atoms with Crippen LogP contribution < -0.4 is 0 Å². The molecule has 2 heterocycles. The first-order valence-electron chi connectivity index (χ1n) is 4.24. The predicted molar refractivity (Wildman–Crippen MR) is 57.4 cm³/mol. The molecule has 1 N–H and O–H groups in total. The van der Waals surface area contributed by atoms with E-state index in [2.05, 4.69) is 4.98 Å². The van der Waals surface area contributed by atoms with Crippen LogP contribution in [0.15, 0.2) is 18.3 Å². The Labute approximate surface area is 101 Å². The minimum absolute atomic E-state index is 0.0851. The van der Waals surface area contributed by atoms with Crippen molar-refractivity contribution in [2.24, 2.45) is 0 Å². The van der Waals surface area contributed by atoms with Crippen molar-refractivity contribution in [3.63, 3.8) is 0 Å². The molecule has 8 heteroatoms. The van der Waals surface area contributed by atoms with E-state index in [1.165, 1.54) is 12.1 Å². The fourth-order valence-electron chi connectivity index (χ4n) is 1.10. The van der Waals surface area contributed by atoms with Crippen molar-refractivity contribution in [1.29, 1.82) is 0 Å². The lowest BCUT2D eigenvalue weighted by Gasteiger charge is -1.98. The average Bonchev–Trinajstić information content (AvgIpc) is 2.85. The number of nitrogens with zero attached hydrogens (tertiary/aromatic N) is 1. The van der Waals surface area contributed by atoms with Gasteiger partial charge in [-0.1, -0.05) is 0 Å². The first-order valence-corrected chi connectivity index (χ1v) is 5.88. The van der Waals surface area contributed by atoms with Crippen LogP contribution in [0.5, 0.6) is 0 Å². The normalized spacial score (nSPS) is 11.7. The quantitative estimate of drug-likeness (QED) is 0.914. The number of hydrogen-bond donors (Lipinski definition) is 1. The Bertz CT molecular complexity index is 559. The zero-order valence-electron chi connectivity index (χ0n) is 7.99. The number of thiophene rings is 1. The predicted octanol–water partition coefficient (Wildman–Crippen LogP) is 3.59. The van der Waals surface area contributed by atoms with Gasteiger partial charge in [-0.3, -0.25) is 0 Å². The minimum atomic E-state index is -4.46. The second-order valence-electron chi connectivity index (χ2n) is 3.00. The second kappa shape index (κ2) is 4.11. The van der Waals surface area contributed by atoms with Crippen molar-refractivity contribution >= 4 is 28.6 Å². The van der Waals surface area contributed by atoms with Crippen molar-refractivity contribution in [2.75, 3.05) is 0 Å². The maximum Gasteiger partial charge on any atom is 0.443 e. The van der Waals surface area contributed by atoms with Gasteiger partial charge in [-0.25, -0.2) is 9.78 Å². The second-order valence-corrected chi connectivity index (χ2v) is 5.11. The Morgan fingerprint density at radius 2 is 1.94 bits per heavy atom. The van der Waals surface area contributed by atoms with Gasteiger partial charge in [0.05, 0.1) is 4.88 Å². The minimum Gasteiger partial charge on any atom is -0.477 e. The summed E-state index contributed by atoms with van der Waals surface area (Å²) in [6.45, 7) is 0.